The van der Waals surface area contributed by atoms with E-state index >= 15 is 0 Å². The molecule has 0 heterocycles. The number of nitrogens with two attached hydrogens (primary N) is 1. The molecule has 0 radical (unpaired) electrons. The lowest BCUT2D eigenvalue weighted by Gasteiger charge is -2.14. The van der Waals surface area contributed by atoms with Crippen molar-refractivity contribution < 1.29 is 8.42 Å². The summed E-state index contributed by atoms with van der Waals surface area (Å²) >= 11 is 0. The van der Waals surface area contributed by atoms with E-state index in [1.54, 1.807) is 0 Å². The van der Waals surface area contributed by atoms with Crippen molar-refractivity contribution in [2.24, 2.45) is 5.73 Å². The van der Waals surface area contributed by atoms with Crippen LogP contribution in [0.3, 0.4) is 0 Å². The first-order valence-electron chi connectivity index (χ1n) is 5.92. The molecule has 2 rings (SSSR count). The Bertz CT molecular complexity index is 487. The van der Waals surface area contributed by atoms with Crippen LogP contribution in [0.25, 0.3) is 0 Å². The molecule has 0 saturated heterocycles. The predicted octanol–water partition coefficient (Wildman–Crippen LogP) is 1.26. The summed E-state index contributed by atoms with van der Waals surface area (Å²) in [6.07, 6.45) is 4.15. The maximum Gasteiger partial charge on any atom is 0.148 e. The molecule has 1 aromatic rings. The summed E-state index contributed by atoms with van der Waals surface area (Å²) in [6, 6.07) is 8.24. The molecule has 0 amide bonds. The van der Waals surface area contributed by atoms with Crippen LogP contribution in [0, 0.1) is 0 Å². The Labute approximate surface area is 103 Å². The zero-order chi connectivity index (χ0) is 12.5. The van der Waals surface area contributed by atoms with Crippen LogP contribution in [0.4, 0.5) is 0 Å². The topological polar surface area (TPSA) is 60.2 Å². The van der Waals surface area contributed by atoms with Gasteiger partial charge in [0.05, 0.1) is 5.75 Å². The van der Waals surface area contributed by atoms with Crippen LogP contribution in [0.5, 0.6) is 0 Å². The average molecular weight is 253 g/mol. The van der Waals surface area contributed by atoms with Crippen molar-refractivity contribution >= 4 is 9.84 Å². The highest BCUT2D eigenvalue weighted by Crippen LogP contribution is 2.49. The molecule has 1 saturated carbocycles. The summed E-state index contributed by atoms with van der Waals surface area (Å²) in [6.45, 7) is 0.647. The van der Waals surface area contributed by atoms with Gasteiger partial charge in [-0.3, -0.25) is 0 Å². The molecule has 0 spiro atoms. The highest BCUT2D eigenvalue weighted by molar-refractivity contribution is 7.90. The van der Waals surface area contributed by atoms with Crippen LogP contribution in [-0.2, 0) is 21.7 Å². The number of rotatable bonds is 5. The van der Waals surface area contributed by atoms with E-state index in [9.17, 15) is 8.42 Å². The second kappa shape index (κ2) is 4.42. The normalized spacial score (nSPS) is 18.0. The molecule has 17 heavy (non-hydrogen) atoms. The second-order valence-electron chi connectivity index (χ2n) is 5.09. The second-order valence-corrected chi connectivity index (χ2v) is 7.23. The molecule has 1 aliphatic rings. The van der Waals surface area contributed by atoms with Gasteiger partial charge in [-0.1, -0.05) is 24.3 Å². The molecule has 1 fully saturated rings. The summed E-state index contributed by atoms with van der Waals surface area (Å²) in [7, 11) is -2.91. The largest absolute Gasteiger partial charge is 0.330 e. The zero-order valence-corrected chi connectivity index (χ0v) is 11.0. The summed E-state index contributed by atoms with van der Waals surface area (Å²) < 4.78 is 22.8. The van der Waals surface area contributed by atoms with Crippen molar-refractivity contribution in [2.75, 3.05) is 18.6 Å². The van der Waals surface area contributed by atoms with E-state index in [2.05, 4.69) is 24.3 Å². The van der Waals surface area contributed by atoms with Gasteiger partial charge in [-0.05, 0) is 36.9 Å². The van der Waals surface area contributed by atoms with Gasteiger partial charge in [0.15, 0.2) is 0 Å². The molecule has 0 aromatic heterocycles. The van der Waals surface area contributed by atoms with Crippen molar-refractivity contribution in [1.82, 2.24) is 0 Å². The molecule has 4 heteroatoms. The molecular formula is C13H19NO2S. The van der Waals surface area contributed by atoms with E-state index in [4.69, 9.17) is 5.73 Å². The van der Waals surface area contributed by atoms with Gasteiger partial charge < -0.3 is 5.73 Å². The Hall–Kier alpha value is -0.870. The van der Waals surface area contributed by atoms with Crippen LogP contribution in [0.2, 0.25) is 0 Å². The highest BCUT2D eigenvalue weighted by atomic mass is 32.2. The maximum absolute atomic E-state index is 11.4. The minimum atomic E-state index is -2.91. The first kappa shape index (κ1) is 12.6. The molecule has 0 unspecified atom stereocenters. The zero-order valence-electron chi connectivity index (χ0n) is 10.1. The van der Waals surface area contributed by atoms with Crippen LogP contribution >= 0.6 is 0 Å². The fourth-order valence-electron chi connectivity index (χ4n) is 2.36. The summed E-state index contributed by atoms with van der Waals surface area (Å²) in [5, 5.41) is 0. The van der Waals surface area contributed by atoms with Crippen LogP contribution < -0.4 is 5.73 Å². The lowest BCUT2D eigenvalue weighted by molar-refractivity contribution is 0.592. The third-order valence-electron chi connectivity index (χ3n) is 3.39. The number of hydrogen-bond donors (Lipinski definition) is 1. The van der Waals surface area contributed by atoms with Crippen LogP contribution in [-0.4, -0.2) is 27.0 Å². The molecule has 0 atom stereocenters. The lowest BCUT2D eigenvalue weighted by atomic mass is 9.96. The standard InChI is InChI=1S/C13H19NO2S/c1-17(15,16)10-13(7-8-13)12-4-2-11(3-5-12)6-9-14/h2-5H,6-10,14H2,1H3. The van der Waals surface area contributed by atoms with Gasteiger partial charge in [0.1, 0.15) is 9.84 Å². The van der Waals surface area contributed by atoms with Gasteiger partial charge in [0.2, 0.25) is 0 Å². The molecule has 3 nitrogen and oxygen atoms in total. The molecule has 2 N–H and O–H groups in total. The van der Waals surface area contributed by atoms with E-state index in [1.165, 1.54) is 11.8 Å². The third kappa shape index (κ3) is 3.07. The summed E-state index contributed by atoms with van der Waals surface area (Å²) in [5.74, 6) is 0.274. The summed E-state index contributed by atoms with van der Waals surface area (Å²) in [5.41, 5.74) is 7.77. The van der Waals surface area contributed by atoms with Gasteiger partial charge in [-0.2, -0.15) is 0 Å². The van der Waals surface area contributed by atoms with Gasteiger partial charge in [-0.15, -0.1) is 0 Å². The van der Waals surface area contributed by atoms with Crippen molar-refractivity contribution in [1.29, 1.82) is 0 Å². The molecular weight excluding hydrogens is 234 g/mol. The SMILES string of the molecule is CS(=O)(=O)CC1(c2ccc(CCN)cc2)CC1. The van der Waals surface area contributed by atoms with Crippen LogP contribution in [0.1, 0.15) is 24.0 Å². The monoisotopic (exact) mass is 253 g/mol. The number of sulfone groups is 1. The molecule has 94 valence electrons. The van der Waals surface area contributed by atoms with Gasteiger partial charge >= 0.3 is 0 Å². The molecule has 1 aliphatic carbocycles. The van der Waals surface area contributed by atoms with Crippen molar-refractivity contribution in [2.45, 2.75) is 24.7 Å². The number of hydrogen-bond acceptors (Lipinski definition) is 3. The molecule has 0 bridgehead atoms. The third-order valence-corrected chi connectivity index (χ3v) is 4.47. The van der Waals surface area contributed by atoms with Gasteiger partial charge in [0, 0.05) is 11.7 Å². The van der Waals surface area contributed by atoms with Gasteiger partial charge in [0.25, 0.3) is 0 Å². The summed E-state index contributed by atoms with van der Waals surface area (Å²) in [4.78, 5) is 0. The first-order chi connectivity index (χ1) is 7.95. The Morgan fingerprint density at radius 3 is 2.24 bits per heavy atom. The minimum absolute atomic E-state index is 0.102. The Kier molecular flexibility index (Phi) is 3.27. The molecule has 1 aromatic carbocycles. The van der Waals surface area contributed by atoms with Crippen LogP contribution in [0.15, 0.2) is 24.3 Å². The number of benzene rings is 1. The van der Waals surface area contributed by atoms with Gasteiger partial charge in [-0.25, -0.2) is 8.42 Å². The van der Waals surface area contributed by atoms with E-state index in [0.29, 0.717) is 6.54 Å². The Morgan fingerprint density at radius 1 is 1.24 bits per heavy atom. The fourth-order valence-corrected chi connectivity index (χ4v) is 3.82. The van der Waals surface area contributed by atoms with Crippen molar-refractivity contribution in [3.8, 4) is 0 Å². The van der Waals surface area contributed by atoms with Crippen molar-refractivity contribution in [3.63, 3.8) is 0 Å². The minimum Gasteiger partial charge on any atom is -0.330 e. The van der Waals surface area contributed by atoms with E-state index < -0.39 is 9.84 Å². The lowest BCUT2D eigenvalue weighted by Crippen LogP contribution is -2.19. The smallest absolute Gasteiger partial charge is 0.148 e. The quantitative estimate of drug-likeness (QED) is 0.859. The molecule has 0 aliphatic heterocycles. The average Bonchev–Trinajstić information content (AvgIpc) is 2.98. The fraction of sp³-hybridized carbons (Fsp3) is 0.538. The van der Waals surface area contributed by atoms with Crippen molar-refractivity contribution in [3.05, 3.63) is 35.4 Å². The van der Waals surface area contributed by atoms with E-state index in [0.717, 1.165) is 24.8 Å². The highest BCUT2D eigenvalue weighted by Gasteiger charge is 2.46. The van der Waals surface area contributed by atoms with E-state index in [-0.39, 0.29) is 11.2 Å². The Balaban J connectivity index is 2.17. The maximum atomic E-state index is 11.4. The Morgan fingerprint density at radius 2 is 1.82 bits per heavy atom. The van der Waals surface area contributed by atoms with E-state index in [1.807, 2.05) is 0 Å². The predicted molar refractivity (Wildman–Crippen MR) is 69.8 cm³/mol. The first-order valence-corrected chi connectivity index (χ1v) is 7.98.